The van der Waals surface area contributed by atoms with Crippen molar-refractivity contribution in [3.63, 3.8) is 0 Å². The molecule has 1 N–H and O–H groups in total. The minimum atomic E-state index is -4.43. The average Bonchev–Trinajstić information content (AvgIpc) is 2.56. The van der Waals surface area contributed by atoms with Crippen LogP contribution < -0.4 is 5.32 Å². The Bertz CT molecular complexity index is 392. The fraction of sp³-hybridized carbons (Fsp3) is 0.500. The zero-order valence-electron chi connectivity index (χ0n) is 9.58. The molecule has 1 aliphatic heterocycles. The van der Waals surface area contributed by atoms with Crippen LogP contribution in [0.3, 0.4) is 0 Å². The minimum Gasteiger partial charge on any atom is -0.342 e. The molecule has 3 atom stereocenters. The smallest absolute Gasteiger partial charge is 0.342 e. The maximum Gasteiger partial charge on any atom is 0.430 e. The molecule has 1 unspecified atom stereocenters. The van der Waals surface area contributed by atoms with E-state index in [0.717, 1.165) is 12.5 Å². The number of hydrogen-bond donors (Lipinski definition) is 1. The first-order valence-corrected chi connectivity index (χ1v) is 5.41. The largest absolute Gasteiger partial charge is 0.430 e. The summed E-state index contributed by atoms with van der Waals surface area (Å²) in [6.45, 7) is 2.71. The molecule has 0 radical (unpaired) electrons. The van der Waals surface area contributed by atoms with Crippen molar-refractivity contribution in [3.8, 4) is 0 Å². The van der Waals surface area contributed by atoms with Gasteiger partial charge in [0.2, 0.25) is 5.72 Å². The van der Waals surface area contributed by atoms with E-state index in [1.807, 2.05) is 6.07 Å². The summed E-state index contributed by atoms with van der Waals surface area (Å²) in [5.74, 6) is 0. The van der Waals surface area contributed by atoms with Crippen LogP contribution in [0.2, 0.25) is 0 Å². The van der Waals surface area contributed by atoms with Crippen LogP contribution in [-0.2, 0) is 4.74 Å². The predicted molar refractivity (Wildman–Crippen MR) is 57.3 cm³/mol. The Hall–Kier alpha value is -1.07. The number of nitrogens with one attached hydrogen (secondary N) is 1. The molecular weight excluding hydrogens is 231 g/mol. The lowest BCUT2D eigenvalue weighted by Crippen LogP contribution is -2.52. The highest BCUT2D eigenvalue weighted by molar-refractivity contribution is 5.21. The highest BCUT2D eigenvalue weighted by atomic mass is 19.4. The molecule has 1 saturated heterocycles. The van der Waals surface area contributed by atoms with Crippen LogP contribution in [-0.4, -0.2) is 17.9 Å². The second-order valence-electron chi connectivity index (χ2n) is 4.41. The molecule has 0 aromatic heterocycles. The fourth-order valence-corrected chi connectivity index (χ4v) is 2.05. The fourth-order valence-electron chi connectivity index (χ4n) is 2.05. The molecule has 2 nitrogen and oxygen atoms in total. The summed E-state index contributed by atoms with van der Waals surface area (Å²) < 4.78 is 43.6. The third-order valence-electron chi connectivity index (χ3n) is 2.99. The van der Waals surface area contributed by atoms with Crippen molar-refractivity contribution in [2.45, 2.75) is 37.9 Å². The maximum absolute atomic E-state index is 12.8. The number of hydrogen-bond acceptors (Lipinski definition) is 2. The molecule has 1 heterocycles. The quantitative estimate of drug-likeness (QED) is 0.821. The standard InChI is InChI=1S/C12H14F3NO/c1-8-10(9-6-4-3-5-7-9)17-11(2,16-8)12(13,14)15/h3-8,10,16H,1-2H3/t8-,10-,11?/m0/s1. The van der Waals surface area contributed by atoms with E-state index in [0.29, 0.717) is 0 Å². The van der Waals surface area contributed by atoms with Gasteiger partial charge in [0.1, 0.15) is 6.10 Å². The predicted octanol–water partition coefficient (Wildman–Crippen LogP) is 3.01. The number of ether oxygens (including phenoxy) is 1. The van der Waals surface area contributed by atoms with E-state index in [1.165, 1.54) is 0 Å². The van der Waals surface area contributed by atoms with Gasteiger partial charge in [-0.1, -0.05) is 30.3 Å². The van der Waals surface area contributed by atoms with Gasteiger partial charge in [-0.25, -0.2) is 0 Å². The van der Waals surface area contributed by atoms with Gasteiger partial charge >= 0.3 is 6.18 Å². The number of benzene rings is 1. The van der Waals surface area contributed by atoms with Crippen molar-refractivity contribution < 1.29 is 17.9 Å². The lowest BCUT2D eigenvalue weighted by molar-refractivity contribution is -0.272. The molecule has 1 aliphatic rings. The van der Waals surface area contributed by atoms with Gasteiger partial charge in [0.15, 0.2) is 0 Å². The molecule has 5 heteroatoms. The zero-order chi connectivity index (χ0) is 12.7. The van der Waals surface area contributed by atoms with Crippen molar-refractivity contribution in [1.29, 1.82) is 0 Å². The lowest BCUT2D eigenvalue weighted by Gasteiger charge is -2.27. The van der Waals surface area contributed by atoms with Crippen molar-refractivity contribution in [2.24, 2.45) is 0 Å². The highest BCUT2D eigenvalue weighted by Crippen LogP contribution is 2.42. The normalized spacial score (nSPS) is 33.9. The van der Waals surface area contributed by atoms with Crippen molar-refractivity contribution in [1.82, 2.24) is 5.32 Å². The first-order valence-electron chi connectivity index (χ1n) is 5.41. The summed E-state index contributed by atoms with van der Waals surface area (Å²) in [7, 11) is 0. The molecule has 0 bridgehead atoms. The van der Waals surface area contributed by atoms with Crippen LogP contribution in [0.15, 0.2) is 30.3 Å². The summed E-state index contributed by atoms with van der Waals surface area (Å²) in [5.41, 5.74) is -1.52. The number of alkyl halides is 3. The molecule has 1 aromatic rings. The molecule has 17 heavy (non-hydrogen) atoms. The SMILES string of the molecule is C[C@@H]1NC(C)(C(F)(F)F)O[C@@H]1c1ccccc1. The molecule has 0 saturated carbocycles. The zero-order valence-corrected chi connectivity index (χ0v) is 9.58. The van der Waals surface area contributed by atoms with Gasteiger partial charge in [-0.2, -0.15) is 13.2 Å². The summed E-state index contributed by atoms with van der Waals surface area (Å²) >= 11 is 0. The topological polar surface area (TPSA) is 21.3 Å². The van der Waals surface area contributed by atoms with Crippen molar-refractivity contribution >= 4 is 0 Å². The van der Waals surface area contributed by atoms with Crippen LogP contribution in [0.25, 0.3) is 0 Å². The van der Waals surface area contributed by atoms with Crippen LogP contribution in [0.1, 0.15) is 25.5 Å². The van der Waals surface area contributed by atoms with E-state index < -0.39 is 18.0 Å². The minimum absolute atomic E-state index is 0.385. The molecular formula is C12H14F3NO. The second-order valence-corrected chi connectivity index (χ2v) is 4.41. The van der Waals surface area contributed by atoms with Gasteiger partial charge < -0.3 is 4.74 Å². The molecule has 0 aliphatic carbocycles. The Balaban J connectivity index is 2.25. The molecule has 94 valence electrons. The Labute approximate surface area is 97.8 Å². The third kappa shape index (κ3) is 2.17. The monoisotopic (exact) mass is 245 g/mol. The van der Waals surface area contributed by atoms with Crippen molar-refractivity contribution in [3.05, 3.63) is 35.9 Å². The number of rotatable bonds is 1. The Morgan fingerprint density at radius 3 is 2.29 bits per heavy atom. The van der Waals surface area contributed by atoms with Gasteiger partial charge in [0, 0.05) is 6.04 Å². The van der Waals surface area contributed by atoms with Gasteiger partial charge in [-0.05, 0) is 19.4 Å². The molecule has 2 rings (SSSR count). The van der Waals surface area contributed by atoms with Crippen LogP contribution in [0.5, 0.6) is 0 Å². The lowest BCUT2D eigenvalue weighted by atomic mass is 10.0. The van der Waals surface area contributed by atoms with Gasteiger partial charge in [0.25, 0.3) is 0 Å². The van der Waals surface area contributed by atoms with Gasteiger partial charge in [-0.3, -0.25) is 5.32 Å². The van der Waals surface area contributed by atoms with E-state index in [1.54, 1.807) is 31.2 Å². The summed E-state index contributed by atoms with van der Waals surface area (Å²) in [6.07, 6.45) is -5.01. The Morgan fingerprint density at radius 1 is 1.24 bits per heavy atom. The van der Waals surface area contributed by atoms with E-state index in [-0.39, 0.29) is 6.04 Å². The third-order valence-corrected chi connectivity index (χ3v) is 2.99. The van der Waals surface area contributed by atoms with Crippen LogP contribution in [0, 0.1) is 0 Å². The van der Waals surface area contributed by atoms with Gasteiger partial charge in [0.05, 0.1) is 0 Å². The molecule has 0 amide bonds. The van der Waals surface area contributed by atoms with Crippen LogP contribution >= 0.6 is 0 Å². The average molecular weight is 245 g/mol. The van der Waals surface area contributed by atoms with E-state index in [4.69, 9.17) is 4.74 Å². The summed E-state index contributed by atoms with van der Waals surface area (Å²) in [6, 6.07) is 8.54. The number of halogens is 3. The van der Waals surface area contributed by atoms with Crippen LogP contribution in [0.4, 0.5) is 13.2 Å². The second kappa shape index (κ2) is 3.99. The molecule has 0 spiro atoms. The highest BCUT2D eigenvalue weighted by Gasteiger charge is 2.58. The first-order chi connectivity index (χ1) is 7.83. The summed E-state index contributed by atoms with van der Waals surface area (Å²) in [4.78, 5) is 0. The molecule has 1 aromatic carbocycles. The molecule has 1 fully saturated rings. The Kier molecular flexibility index (Phi) is 2.91. The summed E-state index contributed by atoms with van der Waals surface area (Å²) in [5, 5.41) is 2.47. The van der Waals surface area contributed by atoms with Gasteiger partial charge in [-0.15, -0.1) is 0 Å². The van der Waals surface area contributed by atoms with E-state index >= 15 is 0 Å². The van der Waals surface area contributed by atoms with E-state index in [9.17, 15) is 13.2 Å². The first kappa shape index (κ1) is 12.4. The van der Waals surface area contributed by atoms with E-state index in [2.05, 4.69) is 5.32 Å². The van der Waals surface area contributed by atoms with Crippen molar-refractivity contribution in [2.75, 3.05) is 0 Å². The Morgan fingerprint density at radius 2 is 1.82 bits per heavy atom. The maximum atomic E-state index is 12.8.